The summed E-state index contributed by atoms with van der Waals surface area (Å²) in [5.41, 5.74) is 0.658. The SMILES string of the molecule is CSc1ccc(C(=O)NCCCC(C)=O)cc1. The summed E-state index contributed by atoms with van der Waals surface area (Å²) >= 11 is 1.64. The predicted molar refractivity (Wildman–Crippen MR) is 70.5 cm³/mol. The Bertz CT molecular complexity index is 387. The van der Waals surface area contributed by atoms with E-state index in [1.807, 2.05) is 30.5 Å². The number of carbonyl (C=O) groups excluding carboxylic acids is 2. The lowest BCUT2D eigenvalue weighted by Gasteiger charge is -2.04. The van der Waals surface area contributed by atoms with Gasteiger partial charge in [-0.2, -0.15) is 0 Å². The molecule has 0 heterocycles. The van der Waals surface area contributed by atoms with Crippen LogP contribution in [0.4, 0.5) is 0 Å². The number of rotatable bonds is 6. The molecule has 0 saturated carbocycles. The summed E-state index contributed by atoms with van der Waals surface area (Å²) in [7, 11) is 0. The molecule has 1 amide bonds. The summed E-state index contributed by atoms with van der Waals surface area (Å²) in [6, 6.07) is 7.47. The van der Waals surface area contributed by atoms with Crippen molar-refractivity contribution in [3.05, 3.63) is 29.8 Å². The molecule has 92 valence electrons. The Morgan fingerprint density at radius 3 is 2.41 bits per heavy atom. The van der Waals surface area contributed by atoms with Gasteiger partial charge in [0, 0.05) is 23.4 Å². The van der Waals surface area contributed by atoms with E-state index in [0.29, 0.717) is 24.9 Å². The van der Waals surface area contributed by atoms with Gasteiger partial charge in [-0.1, -0.05) is 0 Å². The highest BCUT2D eigenvalue weighted by Gasteiger charge is 2.04. The normalized spacial score (nSPS) is 10.0. The van der Waals surface area contributed by atoms with E-state index in [-0.39, 0.29) is 11.7 Å². The third-order valence-electron chi connectivity index (χ3n) is 2.34. The van der Waals surface area contributed by atoms with Gasteiger partial charge >= 0.3 is 0 Å². The molecule has 1 N–H and O–H groups in total. The fourth-order valence-electron chi connectivity index (χ4n) is 1.38. The number of benzene rings is 1. The molecule has 1 aromatic carbocycles. The Balaban J connectivity index is 2.38. The fraction of sp³-hybridized carbons (Fsp3) is 0.385. The van der Waals surface area contributed by atoms with Crippen molar-refractivity contribution < 1.29 is 9.59 Å². The van der Waals surface area contributed by atoms with Gasteiger partial charge < -0.3 is 10.1 Å². The van der Waals surface area contributed by atoms with Gasteiger partial charge in [-0.3, -0.25) is 4.79 Å². The Morgan fingerprint density at radius 2 is 1.88 bits per heavy atom. The van der Waals surface area contributed by atoms with Gasteiger partial charge in [0.2, 0.25) is 0 Å². The van der Waals surface area contributed by atoms with Crippen LogP contribution in [0, 0.1) is 0 Å². The lowest BCUT2D eigenvalue weighted by Crippen LogP contribution is -2.24. The minimum absolute atomic E-state index is 0.0822. The smallest absolute Gasteiger partial charge is 0.251 e. The van der Waals surface area contributed by atoms with Crippen molar-refractivity contribution in [2.45, 2.75) is 24.7 Å². The first kappa shape index (κ1) is 13.8. The van der Waals surface area contributed by atoms with Crippen LogP contribution in [-0.2, 0) is 4.79 Å². The quantitative estimate of drug-likeness (QED) is 0.624. The van der Waals surface area contributed by atoms with E-state index in [1.165, 1.54) is 0 Å². The minimum Gasteiger partial charge on any atom is -0.352 e. The highest BCUT2D eigenvalue weighted by atomic mass is 32.2. The van der Waals surface area contributed by atoms with Crippen molar-refractivity contribution in [1.82, 2.24) is 5.32 Å². The second-order valence-corrected chi connectivity index (χ2v) is 4.67. The number of nitrogens with one attached hydrogen (secondary N) is 1. The van der Waals surface area contributed by atoms with Gasteiger partial charge in [-0.05, 0) is 43.9 Å². The number of amides is 1. The van der Waals surface area contributed by atoms with E-state index < -0.39 is 0 Å². The number of hydrogen-bond acceptors (Lipinski definition) is 3. The largest absolute Gasteiger partial charge is 0.352 e. The first-order chi connectivity index (χ1) is 8.13. The molecule has 0 unspecified atom stereocenters. The molecule has 3 nitrogen and oxygen atoms in total. The van der Waals surface area contributed by atoms with Crippen LogP contribution in [-0.4, -0.2) is 24.5 Å². The number of carbonyl (C=O) groups is 2. The maximum Gasteiger partial charge on any atom is 0.251 e. The molecule has 17 heavy (non-hydrogen) atoms. The Labute approximate surface area is 106 Å². The van der Waals surface area contributed by atoms with Crippen molar-refractivity contribution in [1.29, 1.82) is 0 Å². The van der Waals surface area contributed by atoms with Crippen LogP contribution in [0.2, 0.25) is 0 Å². The Hall–Kier alpha value is -1.29. The molecule has 1 aromatic rings. The summed E-state index contributed by atoms with van der Waals surface area (Å²) in [6.07, 6.45) is 3.21. The molecule has 1 rings (SSSR count). The molecule has 0 saturated heterocycles. The highest BCUT2D eigenvalue weighted by Crippen LogP contribution is 2.14. The molecule has 0 radical (unpaired) electrons. The number of thioether (sulfide) groups is 1. The van der Waals surface area contributed by atoms with E-state index >= 15 is 0 Å². The third-order valence-corrected chi connectivity index (χ3v) is 3.09. The van der Waals surface area contributed by atoms with E-state index in [0.717, 1.165) is 4.90 Å². The van der Waals surface area contributed by atoms with E-state index in [4.69, 9.17) is 0 Å². The van der Waals surface area contributed by atoms with Crippen LogP contribution < -0.4 is 5.32 Å². The van der Waals surface area contributed by atoms with Crippen LogP contribution in [0.1, 0.15) is 30.1 Å². The van der Waals surface area contributed by atoms with Crippen molar-refractivity contribution in [2.24, 2.45) is 0 Å². The van der Waals surface area contributed by atoms with E-state index in [9.17, 15) is 9.59 Å². The van der Waals surface area contributed by atoms with Crippen molar-refractivity contribution in [3.8, 4) is 0 Å². The number of hydrogen-bond donors (Lipinski definition) is 1. The zero-order valence-electron chi connectivity index (χ0n) is 10.2. The molecule has 0 atom stereocenters. The van der Waals surface area contributed by atoms with Gasteiger partial charge in [0.15, 0.2) is 0 Å². The Kier molecular flexibility index (Phi) is 5.77. The number of ketones is 1. The lowest BCUT2D eigenvalue weighted by molar-refractivity contribution is -0.117. The lowest BCUT2D eigenvalue weighted by atomic mass is 10.2. The summed E-state index contributed by atoms with van der Waals surface area (Å²) < 4.78 is 0. The summed E-state index contributed by atoms with van der Waals surface area (Å²) in [5.74, 6) is 0.0739. The van der Waals surface area contributed by atoms with Crippen LogP contribution in [0.25, 0.3) is 0 Å². The standard InChI is InChI=1S/C13H17NO2S/c1-10(15)4-3-9-14-13(16)11-5-7-12(17-2)8-6-11/h5-8H,3-4,9H2,1-2H3,(H,14,16). The Morgan fingerprint density at radius 1 is 1.24 bits per heavy atom. The average molecular weight is 251 g/mol. The first-order valence-electron chi connectivity index (χ1n) is 5.55. The predicted octanol–water partition coefficient (Wildman–Crippen LogP) is 2.51. The van der Waals surface area contributed by atoms with Crippen LogP contribution in [0.5, 0.6) is 0 Å². The molecule has 0 aliphatic heterocycles. The van der Waals surface area contributed by atoms with Gasteiger partial charge in [0.1, 0.15) is 5.78 Å². The van der Waals surface area contributed by atoms with Crippen molar-refractivity contribution in [2.75, 3.05) is 12.8 Å². The van der Waals surface area contributed by atoms with Crippen molar-refractivity contribution in [3.63, 3.8) is 0 Å². The second-order valence-electron chi connectivity index (χ2n) is 3.79. The maximum absolute atomic E-state index is 11.7. The van der Waals surface area contributed by atoms with Crippen LogP contribution in [0.15, 0.2) is 29.2 Å². The van der Waals surface area contributed by atoms with E-state index in [2.05, 4.69) is 5.32 Å². The van der Waals surface area contributed by atoms with Gasteiger partial charge in [-0.25, -0.2) is 0 Å². The average Bonchev–Trinajstić information content (AvgIpc) is 2.34. The zero-order valence-corrected chi connectivity index (χ0v) is 11.0. The zero-order chi connectivity index (χ0) is 12.7. The van der Waals surface area contributed by atoms with Crippen LogP contribution >= 0.6 is 11.8 Å². The summed E-state index contributed by atoms with van der Waals surface area (Å²) in [6.45, 7) is 2.10. The number of Topliss-reactive ketones (excluding diaryl/α,β-unsaturated/α-hetero) is 1. The van der Waals surface area contributed by atoms with Gasteiger partial charge in [-0.15, -0.1) is 11.8 Å². The molecule has 0 fully saturated rings. The molecule has 0 bridgehead atoms. The molecule has 0 spiro atoms. The molecule has 0 aliphatic rings. The maximum atomic E-state index is 11.7. The van der Waals surface area contributed by atoms with Crippen molar-refractivity contribution >= 4 is 23.5 Å². The monoisotopic (exact) mass is 251 g/mol. The molecular formula is C13H17NO2S. The molecule has 0 aromatic heterocycles. The molecule has 0 aliphatic carbocycles. The summed E-state index contributed by atoms with van der Waals surface area (Å²) in [5, 5.41) is 2.79. The molecular weight excluding hydrogens is 234 g/mol. The topological polar surface area (TPSA) is 46.2 Å². The van der Waals surface area contributed by atoms with E-state index in [1.54, 1.807) is 18.7 Å². The second kappa shape index (κ2) is 7.12. The van der Waals surface area contributed by atoms with Gasteiger partial charge in [0.25, 0.3) is 5.91 Å². The first-order valence-corrected chi connectivity index (χ1v) is 6.77. The minimum atomic E-state index is -0.0822. The van der Waals surface area contributed by atoms with Gasteiger partial charge in [0.05, 0.1) is 0 Å². The fourth-order valence-corrected chi connectivity index (χ4v) is 1.79. The molecule has 4 heteroatoms. The highest BCUT2D eigenvalue weighted by molar-refractivity contribution is 7.98. The summed E-state index contributed by atoms with van der Waals surface area (Å²) in [4.78, 5) is 23.5. The van der Waals surface area contributed by atoms with Crippen LogP contribution in [0.3, 0.4) is 0 Å². The third kappa shape index (κ3) is 5.04.